The van der Waals surface area contributed by atoms with Crippen LogP contribution in [0.5, 0.6) is 5.75 Å². The maximum absolute atomic E-state index is 14.0. The van der Waals surface area contributed by atoms with Crippen LogP contribution in [0.2, 0.25) is 5.02 Å². The molecule has 1 aliphatic carbocycles. The van der Waals surface area contributed by atoms with Crippen molar-refractivity contribution in [2.75, 3.05) is 32.1 Å². The fourth-order valence-electron chi connectivity index (χ4n) is 11.3. The van der Waals surface area contributed by atoms with E-state index in [0.29, 0.717) is 27.6 Å². The lowest BCUT2D eigenvalue weighted by atomic mass is 9.92. The summed E-state index contributed by atoms with van der Waals surface area (Å²) >= 11 is 6.39. The van der Waals surface area contributed by atoms with Gasteiger partial charge in [0.1, 0.15) is 49.3 Å². The summed E-state index contributed by atoms with van der Waals surface area (Å²) in [7, 11) is 1.48. The van der Waals surface area contributed by atoms with Gasteiger partial charge in [0.25, 0.3) is 0 Å². The molecule has 506 valence electrons. The number of nitrogens with two attached hydrogens (primary N) is 1. The summed E-state index contributed by atoms with van der Waals surface area (Å²) in [6, 6.07) is 30.9. The number of hydrogen-bond acceptors (Lipinski definition) is 15. The molecule has 2 heterocycles. The molecule has 0 aromatic heterocycles. The average molecular weight is 1330 g/mol. The van der Waals surface area contributed by atoms with Gasteiger partial charge in [0.05, 0.1) is 23.7 Å². The van der Waals surface area contributed by atoms with Crippen molar-refractivity contribution in [1.82, 2.24) is 31.9 Å². The summed E-state index contributed by atoms with van der Waals surface area (Å²) in [6.07, 6.45) is -0.807. The van der Waals surface area contributed by atoms with Crippen molar-refractivity contribution in [3.8, 4) is 16.9 Å². The van der Waals surface area contributed by atoms with Gasteiger partial charge in [-0.25, -0.2) is 19.2 Å². The highest BCUT2D eigenvalue weighted by atomic mass is 35.5. The zero-order valence-electron chi connectivity index (χ0n) is 54.6. The first-order chi connectivity index (χ1) is 45.4. The molecule has 1 fully saturated rings. The predicted molar refractivity (Wildman–Crippen MR) is 354 cm³/mol. The number of amides is 8. The highest BCUT2D eigenvalue weighted by Crippen LogP contribution is 2.46. The van der Waals surface area contributed by atoms with E-state index in [1.807, 2.05) is 93.6 Å². The number of urea groups is 1. The minimum absolute atomic E-state index is 0.0424. The monoisotopic (exact) mass is 1320 g/mol. The Labute approximate surface area is 558 Å². The highest BCUT2D eigenvalue weighted by molar-refractivity contribution is 6.32. The molecule has 9 N–H and O–H groups in total. The average Bonchev–Trinajstić information content (AvgIpc) is 1.63. The molecule has 5 aromatic carbocycles. The smallest absolute Gasteiger partial charge is 0.407 e. The molecule has 8 rings (SSSR count). The van der Waals surface area contributed by atoms with Crippen LogP contribution in [0.1, 0.15) is 120 Å². The van der Waals surface area contributed by atoms with Crippen LogP contribution in [0.15, 0.2) is 127 Å². The highest BCUT2D eigenvalue weighted by Gasteiger charge is 2.48. The molecule has 8 atom stereocenters. The molecular weight excluding hydrogens is 1240 g/mol. The number of benzene rings is 5. The van der Waals surface area contributed by atoms with Gasteiger partial charge in [-0.15, -0.1) is 0 Å². The van der Waals surface area contributed by atoms with E-state index in [1.54, 1.807) is 76.2 Å². The third-order valence-corrected chi connectivity index (χ3v) is 17.1. The topological polar surface area (TPSA) is 323 Å². The van der Waals surface area contributed by atoms with E-state index in [4.69, 9.17) is 45.8 Å². The third kappa shape index (κ3) is 20.0. The summed E-state index contributed by atoms with van der Waals surface area (Å²) in [5.41, 5.74) is 11.4. The largest absolute Gasteiger partial charge is 0.495 e. The molecule has 1 unspecified atom stereocenters. The van der Waals surface area contributed by atoms with E-state index in [9.17, 15) is 43.2 Å². The van der Waals surface area contributed by atoms with Gasteiger partial charge in [-0.05, 0) is 120 Å². The lowest BCUT2D eigenvalue weighted by Gasteiger charge is -2.29. The number of primary amides is 1. The van der Waals surface area contributed by atoms with Gasteiger partial charge in [0.2, 0.25) is 23.6 Å². The summed E-state index contributed by atoms with van der Waals surface area (Å²) < 4.78 is 34.7. The number of alkyl carbamates (subject to hydrolysis) is 2. The molecule has 3 aliphatic rings. The number of cyclic esters (lactones) is 2. The van der Waals surface area contributed by atoms with Crippen molar-refractivity contribution in [3.63, 3.8) is 0 Å². The van der Waals surface area contributed by atoms with Gasteiger partial charge in [-0.2, -0.15) is 0 Å². The first-order valence-corrected chi connectivity index (χ1v) is 32.2. The number of epoxide rings is 1. The SMILES string of the molecule is COc1ccc(C[C@H]2NC(=O)/C=C/C[C@@H]([C@H](C)[C@@H]3O[C@H]3c3ccc(CNC(=O)OCc4ccc(NC(=O)C(CCCNC(N)=O)NC(=O)[C@@H](NC(=O)OCC5c6ccccc6-c6ccccc65)C(C)C)cc4)cc3)OC(=O)[C@H](CC(C)C)OC(=O)C(C)(C)CNC2=O)cc1Cl. The van der Waals surface area contributed by atoms with E-state index in [2.05, 4.69) is 37.2 Å². The van der Waals surface area contributed by atoms with Crippen molar-refractivity contribution in [2.45, 2.75) is 142 Å². The van der Waals surface area contributed by atoms with Crippen molar-refractivity contribution in [3.05, 3.63) is 166 Å². The molecule has 8 amide bonds. The van der Waals surface area contributed by atoms with Gasteiger partial charge in [0, 0.05) is 50.0 Å². The number of halogens is 1. The van der Waals surface area contributed by atoms with Crippen molar-refractivity contribution in [2.24, 2.45) is 28.9 Å². The first-order valence-electron chi connectivity index (χ1n) is 31.9. The number of carbonyl (C=O) groups is 9. The maximum Gasteiger partial charge on any atom is 0.407 e. The summed E-state index contributed by atoms with van der Waals surface area (Å²) in [6.45, 7) is 12.4. The van der Waals surface area contributed by atoms with Gasteiger partial charge in [-0.1, -0.05) is 143 Å². The Bertz CT molecular complexity index is 3550. The molecule has 5 aromatic rings. The number of fused-ring (bicyclic) bond motifs is 3. The standard InChI is InChI=1S/C71H85ClN8O15/c1-40(2)33-58-66(85)93-56(20-13-21-59(81)78-55(35-45-26-31-57(90-8)53(72)34-45)63(82)76-39-71(6,7)67(86)94-58)42(5)61-62(95-61)46-27-22-43(23-28-46)36-75-69(88)91-37-44-24-29-47(30-25-44)77-64(83)54(19-14-32-74-68(73)87)79-65(84)60(41(3)4)80-70(89)92-38-52-50-17-11-9-15-48(50)49-16-10-12-18-51(49)52/h9-13,15-18,21-31,34,40-42,52,54-56,58,60-62H,14,19-20,32-33,35-39H2,1-8H3,(H,75,88)(H,76,82)(H,77,83)(H,78,81)(H,79,84)(H,80,89)(H3,73,74,87)/b21-13+/t42-,54?,55+,56-,58-,60-,61-,62-/m0/s1. The summed E-state index contributed by atoms with van der Waals surface area (Å²) in [4.78, 5) is 120. The molecule has 24 heteroatoms. The molecule has 0 saturated carbocycles. The lowest BCUT2D eigenvalue weighted by molar-refractivity contribution is -0.179. The van der Waals surface area contributed by atoms with Crippen LogP contribution in [0, 0.1) is 23.2 Å². The number of ether oxygens (including phenoxy) is 6. The van der Waals surface area contributed by atoms with Gasteiger partial charge in [-0.3, -0.25) is 24.0 Å². The van der Waals surface area contributed by atoms with E-state index in [-0.39, 0.29) is 82.9 Å². The molecule has 0 bridgehead atoms. The number of esters is 2. The quantitative estimate of drug-likeness (QED) is 0.0124. The number of rotatable bonds is 24. The molecular formula is C71H85ClN8O15. The zero-order chi connectivity index (χ0) is 68.5. The number of methoxy groups -OCH3 is 1. The molecule has 95 heavy (non-hydrogen) atoms. The fourth-order valence-corrected chi connectivity index (χ4v) is 11.6. The molecule has 2 aliphatic heterocycles. The Morgan fingerprint density at radius 1 is 0.768 bits per heavy atom. The van der Waals surface area contributed by atoms with Gasteiger partial charge in [0.15, 0.2) is 6.10 Å². The first kappa shape index (κ1) is 71.4. The normalized spacial score (nSPS) is 20.0. The van der Waals surface area contributed by atoms with E-state index >= 15 is 0 Å². The van der Waals surface area contributed by atoms with Crippen LogP contribution in [-0.4, -0.2) is 117 Å². The van der Waals surface area contributed by atoms with Gasteiger partial charge >= 0.3 is 30.2 Å². The maximum atomic E-state index is 14.0. The lowest BCUT2D eigenvalue weighted by Crippen LogP contribution is -2.54. The Balaban J connectivity index is 0.821. The Hall–Kier alpha value is -9.48. The number of nitrogens with one attached hydrogen (secondary N) is 7. The number of carbonyl (C=O) groups excluding carboxylic acids is 9. The molecule has 23 nitrogen and oxygen atoms in total. The number of hydrogen-bond donors (Lipinski definition) is 8. The third-order valence-electron chi connectivity index (χ3n) is 16.8. The van der Waals surface area contributed by atoms with Gasteiger partial charge < -0.3 is 71.4 Å². The summed E-state index contributed by atoms with van der Waals surface area (Å²) in [5, 5.41) is 19.4. The van der Waals surface area contributed by atoms with Crippen LogP contribution in [-0.2, 0) is 72.0 Å². The minimum atomic E-state index is -1.29. The molecule has 1 saturated heterocycles. The van der Waals surface area contributed by atoms with Crippen LogP contribution in [0.3, 0.4) is 0 Å². The Kier molecular flexibility index (Phi) is 24.8. The van der Waals surface area contributed by atoms with E-state index in [1.165, 1.54) is 13.2 Å². The molecule has 0 spiro atoms. The van der Waals surface area contributed by atoms with Crippen LogP contribution >= 0.6 is 11.6 Å². The second-order valence-corrected chi connectivity index (χ2v) is 25.8. The van der Waals surface area contributed by atoms with Crippen LogP contribution in [0.25, 0.3) is 11.1 Å². The second kappa shape index (κ2) is 33.1. The molecule has 0 radical (unpaired) electrons. The fraction of sp³-hybridized carbons (Fsp3) is 0.423. The van der Waals surface area contributed by atoms with Crippen LogP contribution in [0.4, 0.5) is 20.1 Å². The van der Waals surface area contributed by atoms with Crippen molar-refractivity contribution >= 4 is 71.1 Å². The van der Waals surface area contributed by atoms with Crippen molar-refractivity contribution < 1.29 is 71.6 Å². The Morgan fingerprint density at radius 2 is 1.43 bits per heavy atom. The minimum Gasteiger partial charge on any atom is -0.495 e. The van der Waals surface area contributed by atoms with Crippen LogP contribution < -0.4 is 47.7 Å². The number of anilines is 1. The van der Waals surface area contributed by atoms with E-state index in [0.717, 1.165) is 33.4 Å². The predicted octanol–water partition coefficient (Wildman–Crippen LogP) is 8.99. The second-order valence-electron chi connectivity index (χ2n) is 25.4. The van der Waals surface area contributed by atoms with E-state index < -0.39 is 107 Å². The summed E-state index contributed by atoms with van der Waals surface area (Å²) in [5.74, 6) is -4.40. The Morgan fingerprint density at radius 3 is 2.07 bits per heavy atom. The zero-order valence-corrected chi connectivity index (χ0v) is 55.4. The van der Waals surface area contributed by atoms with Crippen molar-refractivity contribution in [1.29, 1.82) is 0 Å².